The zero-order chi connectivity index (χ0) is 25.2. The highest BCUT2D eigenvalue weighted by Crippen LogP contribution is 2.26. The number of hydrogen-bond acceptors (Lipinski definition) is 5. The Morgan fingerprint density at radius 3 is 2.69 bits per heavy atom. The van der Waals surface area contributed by atoms with Crippen LogP contribution < -0.4 is 10.1 Å². The van der Waals surface area contributed by atoms with E-state index in [0.29, 0.717) is 29.5 Å². The molecule has 1 aliphatic rings. The average molecular weight is 504 g/mol. The van der Waals surface area contributed by atoms with Crippen LogP contribution in [0.2, 0.25) is 5.02 Å². The van der Waals surface area contributed by atoms with Gasteiger partial charge in [0.25, 0.3) is 11.8 Å². The molecule has 1 N–H and O–H groups in total. The summed E-state index contributed by atoms with van der Waals surface area (Å²) in [5.74, 6) is -0.235. The van der Waals surface area contributed by atoms with Gasteiger partial charge < -0.3 is 13.7 Å². The Kier molecular flexibility index (Phi) is 6.35. The van der Waals surface area contributed by atoms with Crippen molar-refractivity contribution in [2.24, 2.45) is 0 Å². The highest BCUT2D eigenvalue weighted by Gasteiger charge is 2.36. The van der Waals surface area contributed by atoms with E-state index in [1.807, 2.05) is 54.1 Å². The number of imide groups is 2. The van der Waals surface area contributed by atoms with E-state index < -0.39 is 17.8 Å². The van der Waals surface area contributed by atoms with Crippen molar-refractivity contribution in [1.29, 1.82) is 0 Å². The number of barbiturate groups is 1. The van der Waals surface area contributed by atoms with Crippen LogP contribution in [0, 0.1) is 6.92 Å². The second-order valence-corrected chi connectivity index (χ2v) is 8.78. The van der Waals surface area contributed by atoms with Crippen molar-refractivity contribution < 1.29 is 23.5 Å². The van der Waals surface area contributed by atoms with Gasteiger partial charge in [-0.3, -0.25) is 19.8 Å². The lowest BCUT2D eigenvalue weighted by atomic mass is 10.1. The normalized spacial score (nSPS) is 15.1. The van der Waals surface area contributed by atoms with E-state index in [1.165, 1.54) is 12.3 Å². The summed E-state index contributed by atoms with van der Waals surface area (Å²) in [6.45, 7) is 2.80. The van der Waals surface area contributed by atoms with Gasteiger partial charge in [-0.05, 0) is 55.0 Å². The summed E-state index contributed by atoms with van der Waals surface area (Å²) in [5.41, 5.74) is 2.42. The molecule has 9 heteroatoms. The minimum atomic E-state index is -0.782. The molecule has 36 heavy (non-hydrogen) atoms. The minimum absolute atomic E-state index is 0.0779. The van der Waals surface area contributed by atoms with Crippen LogP contribution in [-0.4, -0.2) is 33.9 Å². The number of nitrogens with zero attached hydrogens (tertiary/aromatic N) is 2. The van der Waals surface area contributed by atoms with Crippen LogP contribution in [-0.2, 0) is 22.7 Å². The molecule has 2 aromatic carbocycles. The first kappa shape index (κ1) is 23.4. The Labute approximate surface area is 211 Å². The highest BCUT2D eigenvalue weighted by molar-refractivity contribution is 6.31. The molecule has 0 aliphatic carbocycles. The molecule has 0 spiro atoms. The number of aryl methyl sites for hydroxylation is 1. The maximum atomic E-state index is 13.1. The first-order chi connectivity index (χ1) is 17.4. The van der Waals surface area contributed by atoms with Gasteiger partial charge in [0.05, 0.1) is 19.4 Å². The lowest BCUT2D eigenvalue weighted by molar-refractivity contribution is -0.130. The molecule has 1 aliphatic heterocycles. The summed E-state index contributed by atoms with van der Waals surface area (Å²) in [5, 5.41) is 3.76. The second kappa shape index (κ2) is 9.75. The molecule has 2 aromatic heterocycles. The Morgan fingerprint density at radius 1 is 1.08 bits per heavy atom. The fourth-order valence-corrected chi connectivity index (χ4v) is 4.38. The number of rotatable bonds is 7. The molecule has 8 nitrogen and oxygen atoms in total. The van der Waals surface area contributed by atoms with Gasteiger partial charge in [-0.25, -0.2) is 4.79 Å². The summed E-state index contributed by atoms with van der Waals surface area (Å²) in [6.07, 6.45) is 4.84. The second-order valence-electron chi connectivity index (χ2n) is 8.34. The van der Waals surface area contributed by atoms with Crippen LogP contribution in [0.4, 0.5) is 4.79 Å². The lowest BCUT2D eigenvalue weighted by Gasteiger charge is -2.25. The molecule has 182 valence electrons. The molecule has 5 rings (SSSR count). The predicted molar refractivity (Wildman–Crippen MR) is 134 cm³/mol. The lowest BCUT2D eigenvalue weighted by Crippen LogP contribution is -2.53. The number of hydrogen-bond donors (Lipinski definition) is 1. The van der Waals surface area contributed by atoms with Crippen LogP contribution >= 0.6 is 11.6 Å². The van der Waals surface area contributed by atoms with Crippen molar-refractivity contribution in [3.05, 3.63) is 94.5 Å². The topological polar surface area (TPSA) is 93.8 Å². The quantitative estimate of drug-likeness (QED) is 0.285. The number of urea groups is 1. The third-order valence-electron chi connectivity index (χ3n) is 5.93. The number of carbonyl (C=O) groups excluding carboxylic acids is 3. The molecule has 0 atom stereocenters. The smallest absolute Gasteiger partial charge is 0.331 e. The standard InChI is InChI=1S/C27H22ClN3O5/c1-17-13-19(28)8-9-24(17)36-12-10-30-15-18(21-6-2-3-7-23(21)30)14-22-25(32)29-27(34)31(26(22)33)16-20-5-4-11-35-20/h2-9,11,13-15H,10,12,16H2,1H3,(H,29,32,34). The number of furan rings is 1. The van der Waals surface area contributed by atoms with E-state index in [4.69, 9.17) is 20.8 Å². The van der Waals surface area contributed by atoms with Crippen molar-refractivity contribution in [3.8, 4) is 5.75 Å². The van der Waals surface area contributed by atoms with Gasteiger partial charge in [0.1, 0.15) is 23.7 Å². The Balaban J connectivity index is 1.41. The highest BCUT2D eigenvalue weighted by atomic mass is 35.5. The fourth-order valence-electron chi connectivity index (χ4n) is 4.16. The average Bonchev–Trinajstić information content (AvgIpc) is 3.49. The fraction of sp³-hybridized carbons (Fsp3) is 0.148. The molecule has 1 fully saturated rings. The van der Waals surface area contributed by atoms with E-state index in [0.717, 1.165) is 27.1 Å². The van der Waals surface area contributed by atoms with Gasteiger partial charge in [-0.15, -0.1) is 0 Å². The molecule has 0 unspecified atom stereocenters. The van der Waals surface area contributed by atoms with E-state index in [9.17, 15) is 14.4 Å². The molecule has 0 saturated carbocycles. The molecule has 0 bridgehead atoms. The van der Waals surface area contributed by atoms with Crippen molar-refractivity contribution in [3.63, 3.8) is 0 Å². The number of fused-ring (bicyclic) bond motifs is 1. The maximum absolute atomic E-state index is 13.1. The van der Waals surface area contributed by atoms with E-state index in [2.05, 4.69) is 5.32 Å². The largest absolute Gasteiger partial charge is 0.491 e. The summed E-state index contributed by atoms with van der Waals surface area (Å²) >= 11 is 6.02. The third kappa shape index (κ3) is 4.63. The molecule has 0 radical (unpaired) electrons. The predicted octanol–water partition coefficient (Wildman–Crippen LogP) is 4.94. The number of ether oxygens (including phenoxy) is 1. The molecule has 4 aromatic rings. The Hall–Kier alpha value is -4.30. The first-order valence-corrected chi connectivity index (χ1v) is 11.7. The van der Waals surface area contributed by atoms with Gasteiger partial charge in [0.2, 0.25) is 0 Å². The minimum Gasteiger partial charge on any atom is -0.491 e. The van der Waals surface area contributed by atoms with Crippen molar-refractivity contribution >= 4 is 46.4 Å². The molecule has 4 amide bonds. The van der Waals surface area contributed by atoms with E-state index in [1.54, 1.807) is 18.2 Å². The van der Waals surface area contributed by atoms with E-state index >= 15 is 0 Å². The Morgan fingerprint density at radius 2 is 1.92 bits per heavy atom. The third-order valence-corrected chi connectivity index (χ3v) is 6.16. The van der Waals surface area contributed by atoms with E-state index in [-0.39, 0.29) is 12.1 Å². The van der Waals surface area contributed by atoms with Gasteiger partial charge in [-0.2, -0.15) is 0 Å². The van der Waals surface area contributed by atoms with Gasteiger partial charge in [0, 0.05) is 27.7 Å². The van der Waals surface area contributed by atoms with Crippen LogP contribution in [0.25, 0.3) is 17.0 Å². The van der Waals surface area contributed by atoms with Crippen LogP contribution in [0.5, 0.6) is 5.75 Å². The van der Waals surface area contributed by atoms with Crippen LogP contribution in [0.3, 0.4) is 0 Å². The Bertz CT molecular complexity index is 1500. The van der Waals surface area contributed by atoms with Gasteiger partial charge in [0.15, 0.2) is 0 Å². The summed E-state index contributed by atoms with van der Waals surface area (Å²) in [6, 6.07) is 15.7. The SMILES string of the molecule is Cc1cc(Cl)ccc1OCCn1cc(C=C2C(=O)NC(=O)N(Cc3ccco3)C2=O)c2ccccc21. The first-order valence-electron chi connectivity index (χ1n) is 11.3. The monoisotopic (exact) mass is 503 g/mol. The summed E-state index contributed by atoms with van der Waals surface area (Å²) in [4.78, 5) is 39.0. The summed E-state index contributed by atoms with van der Waals surface area (Å²) < 4.78 is 13.2. The number of nitrogens with one attached hydrogen (secondary N) is 1. The van der Waals surface area contributed by atoms with Crippen LogP contribution in [0.15, 0.2) is 77.0 Å². The number of amides is 4. The van der Waals surface area contributed by atoms with Crippen molar-refractivity contribution in [1.82, 2.24) is 14.8 Å². The van der Waals surface area contributed by atoms with Gasteiger partial charge >= 0.3 is 6.03 Å². The number of halogens is 1. The molecule has 3 heterocycles. The maximum Gasteiger partial charge on any atom is 0.331 e. The summed E-state index contributed by atoms with van der Waals surface area (Å²) in [7, 11) is 0. The zero-order valence-electron chi connectivity index (χ0n) is 19.4. The number of para-hydroxylation sites is 1. The van der Waals surface area contributed by atoms with Crippen molar-refractivity contribution in [2.45, 2.75) is 20.0 Å². The molecular formula is C27H22ClN3O5. The van der Waals surface area contributed by atoms with Crippen LogP contribution in [0.1, 0.15) is 16.9 Å². The number of benzene rings is 2. The number of carbonyl (C=O) groups is 3. The number of aromatic nitrogens is 1. The van der Waals surface area contributed by atoms with Crippen molar-refractivity contribution in [2.75, 3.05) is 6.61 Å². The molecular weight excluding hydrogens is 482 g/mol. The molecule has 1 saturated heterocycles. The zero-order valence-corrected chi connectivity index (χ0v) is 20.1. The van der Waals surface area contributed by atoms with Gasteiger partial charge in [-0.1, -0.05) is 29.8 Å².